The standard InChI is InChI=1S/C11H15ClINO/c1-11(2,15)5-6-14-10-4-3-8(12)7-9(10)13/h3-4,7,14-15H,5-6H2,1-2H3. The zero-order valence-electron chi connectivity index (χ0n) is 8.85. The van der Waals surface area contributed by atoms with Gasteiger partial charge in [-0.1, -0.05) is 11.6 Å². The molecule has 4 heteroatoms. The van der Waals surface area contributed by atoms with E-state index in [0.717, 1.165) is 20.8 Å². The molecule has 0 aliphatic heterocycles. The summed E-state index contributed by atoms with van der Waals surface area (Å²) in [4.78, 5) is 0. The van der Waals surface area contributed by atoms with E-state index in [2.05, 4.69) is 27.9 Å². The first-order chi connectivity index (χ1) is 6.88. The van der Waals surface area contributed by atoms with Gasteiger partial charge in [0.25, 0.3) is 0 Å². The maximum absolute atomic E-state index is 9.55. The van der Waals surface area contributed by atoms with E-state index in [0.29, 0.717) is 6.42 Å². The molecule has 1 aromatic rings. The predicted octanol–water partition coefficient (Wildman–Crippen LogP) is 3.52. The molecule has 0 aliphatic carbocycles. The van der Waals surface area contributed by atoms with E-state index >= 15 is 0 Å². The molecule has 0 heterocycles. The molecule has 84 valence electrons. The van der Waals surface area contributed by atoms with Gasteiger partial charge in [-0.05, 0) is 61.1 Å². The van der Waals surface area contributed by atoms with Gasteiger partial charge in [-0.3, -0.25) is 0 Å². The highest BCUT2D eigenvalue weighted by Gasteiger charge is 2.11. The van der Waals surface area contributed by atoms with Gasteiger partial charge >= 0.3 is 0 Å². The average Bonchev–Trinajstić information content (AvgIpc) is 2.07. The Hall–Kier alpha value is -0.000000000000000111. The Morgan fingerprint density at radius 2 is 2.13 bits per heavy atom. The number of halogens is 2. The zero-order chi connectivity index (χ0) is 11.5. The number of aliphatic hydroxyl groups is 1. The summed E-state index contributed by atoms with van der Waals surface area (Å²) in [6.45, 7) is 4.37. The van der Waals surface area contributed by atoms with Crippen molar-refractivity contribution in [3.63, 3.8) is 0 Å². The molecule has 0 radical (unpaired) electrons. The molecule has 0 atom stereocenters. The minimum atomic E-state index is -0.620. The van der Waals surface area contributed by atoms with Gasteiger partial charge in [0.15, 0.2) is 0 Å². The summed E-state index contributed by atoms with van der Waals surface area (Å²) in [7, 11) is 0. The Labute approximate surface area is 109 Å². The first kappa shape index (κ1) is 13.1. The summed E-state index contributed by atoms with van der Waals surface area (Å²) in [5.74, 6) is 0. The summed E-state index contributed by atoms with van der Waals surface area (Å²) < 4.78 is 1.09. The largest absolute Gasteiger partial charge is 0.390 e. The van der Waals surface area contributed by atoms with Crippen molar-refractivity contribution in [2.45, 2.75) is 25.9 Å². The molecular formula is C11H15ClINO. The van der Waals surface area contributed by atoms with Crippen LogP contribution in [0.4, 0.5) is 5.69 Å². The van der Waals surface area contributed by atoms with Crippen LogP contribution >= 0.6 is 34.2 Å². The van der Waals surface area contributed by atoms with Gasteiger partial charge in [0.05, 0.1) is 5.60 Å². The average molecular weight is 340 g/mol. The summed E-state index contributed by atoms with van der Waals surface area (Å²) >= 11 is 8.09. The van der Waals surface area contributed by atoms with Gasteiger partial charge < -0.3 is 10.4 Å². The highest BCUT2D eigenvalue weighted by Crippen LogP contribution is 2.22. The van der Waals surface area contributed by atoms with Crippen LogP contribution in [0.3, 0.4) is 0 Å². The fourth-order valence-electron chi connectivity index (χ4n) is 1.14. The van der Waals surface area contributed by atoms with Crippen LogP contribution in [0.2, 0.25) is 5.02 Å². The van der Waals surface area contributed by atoms with Crippen molar-refractivity contribution >= 4 is 39.9 Å². The van der Waals surface area contributed by atoms with Gasteiger partial charge in [0, 0.05) is 20.8 Å². The van der Waals surface area contributed by atoms with Gasteiger partial charge in [-0.15, -0.1) is 0 Å². The van der Waals surface area contributed by atoms with Crippen LogP contribution in [0, 0.1) is 3.57 Å². The van der Waals surface area contributed by atoms with Gasteiger partial charge in [0.1, 0.15) is 0 Å². The number of nitrogens with one attached hydrogen (secondary N) is 1. The molecule has 0 aliphatic rings. The first-order valence-electron chi connectivity index (χ1n) is 4.80. The van der Waals surface area contributed by atoms with Crippen LogP contribution in [-0.2, 0) is 0 Å². The molecule has 0 fully saturated rings. The van der Waals surface area contributed by atoms with E-state index in [-0.39, 0.29) is 0 Å². The first-order valence-corrected chi connectivity index (χ1v) is 6.25. The van der Waals surface area contributed by atoms with Crippen LogP contribution in [0.25, 0.3) is 0 Å². The Bertz CT molecular complexity index is 336. The molecule has 0 spiro atoms. The normalized spacial score (nSPS) is 11.5. The fourth-order valence-corrected chi connectivity index (χ4v) is 2.20. The quantitative estimate of drug-likeness (QED) is 0.823. The van der Waals surface area contributed by atoms with Crippen LogP contribution in [-0.4, -0.2) is 17.3 Å². The lowest BCUT2D eigenvalue weighted by Gasteiger charge is -2.18. The Balaban J connectivity index is 2.51. The molecular weight excluding hydrogens is 324 g/mol. The molecule has 2 N–H and O–H groups in total. The van der Waals surface area contributed by atoms with E-state index in [4.69, 9.17) is 11.6 Å². The van der Waals surface area contributed by atoms with Crippen molar-refractivity contribution in [3.8, 4) is 0 Å². The zero-order valence-corrected chi connectivity index (χ0v) is 11.8. The summed E-state index contributed by atoms with van der Waals surface area (Å²) in [5, 5.41) is 13.6. The maximum Gasteiger partial charge on any atom is 0.0608 e. The molecule has 1 aromatic carbocycles. The van der Waals surface area contributed by atoms with Crippen molar-refractivity contribution in [1.82, 2.24) is 0 Å². The number of hydrogen-bond donors (Lipinski definition) is 2. The molecule has 0 saturated carbocycles. The Morgan fingerprint density at radius 3 is 2.67 bits per heavy atom. The Morgan fingerprint density at radius 1 is 1.47 bits per heavy atom. The van der Waals surface area contributed by atoms with E-state index in [1.165, 1.54) is 0 Å². The minimum absolute atomic E-state index is 0.620. The molecule has 15 heavy (non-hydrogen) atoms. The van der Waals surface area contributed by atoms with Gasteiger partial charge in [0.2, 0.25) is 0 Å². The molecule has 0 bridgehead atoms. The summed E-state index contributed by atoms with van der Waals surface area (Å²) in [6.07, 6.45) is 0.714. The third-order valence-electron chi connectivity index (χ3n) is 1.98. The monoisotopic (exact) mass is 339 g/mol. The molecule has 0 unspecified atom stereocenters. The third-order valence-corrected chi connectivity index (χ3v) is 3.11. The smallest absolute Gasteiger partial charge is 0.0608 e. The molecule has 0 amide bonds. The van der Waals surface area contributed by atoms with E-state index < -0.39 is 5.60 Å². The minimum Gasteiger partial charge on any atom is -0.390 e. The second-order valence-electron chi connectivity index (χ2n) is 4.11. The van der Waals surface area contributed by atoms with Crippen molar-refractivity contribution in [2.24, 2.45) is 0 Å². The van der Waals surface area contributed by atoms with E-state index in [1.807, 2.05) is 32.0 Å². The fraction of sp³-hybridized carbons (Fsp3) is 0.455. The third kappa shape index (κ3) is 5.04. The highest BCUT2D eigenvalue weighted by molar-refractivity contribution is 14.1. The molecule has 0 aromatic heterocycles. The molecule has 0 saturated heterocycles. The van der Waals surface area contributed by atoms with Crippen molar-refractivity contribution < 1.29 is 5.11 Å². The van der Waals surface area contributed by atoms with Crippen molar-refractivity contribution in [1.29, 1.82) is 0 Å². The van der Waals surface area contributed by atoms with E-state index in [9.17, 15) is 5.11 Å². The lowest BCUT2D eigenvalue weighted by atomic mass is 10.1. The van der Waals surface area contributed by atoms with Crippen LogP contribution in [0.5, 0.6) is 0 Å². The van der Waals surface area contributed by atoms with Crippen LogP contribution < -0.4 is 5.32 Å². The predicted molar refractivity (Wildman–Crippen MR) is 73.6 cm³/mol. The maximum atomic E-state index is 9.55. The summed E-state index contributed by atoms with van der Waals surface area (Å²) in [6, 6.07) is 5.72. The van der Waals surface area contributed by atoms with Crippen molar-refractivity contribution in [2.75, 3.05) is 11.9 Å². The second-order valence-corrected chi connectivity index (χ2v) is 5.71. The lowest BCUT2D eigenvalue weighted by Crippen LogP contribution is -2.22. The lowest BCUT2D eigenvalue weighted by molar-refractivity contribution is 0.0749. The SMILES string of the molecule is CC(C)(O)CCNc1ccc(Cl)cc1I. The van der Waals surface area contributed by atoms with E-state index in [1.54, 1.807) is 0 Å². The number of hydrogen-bond acceptors (Lipinski definition) is 2. The van der Waals surface area contributed by atoms with Gasteiger partial charge in [-0.25, -0.2) is 0 Å². The van der Waals surface area contributed by atoms with Gasteiger partial charge in [-0.2, -0.15) is 0 Å². The summed E-state index contributed by atoms with van der Waals surface area (Å²) in [5.41, 5.74) is 0.439. The topological polar surface area (TPSA) is 32.3 Å². The molecule has 1 rings (SSSR count). The number of benzene rings is 1. The second kappa shape index (κ2) is 5.37. The highest BCUT2D eigenvalue weighted by atomic mass is 127. The van der Waals surface area contributed by atoms with Crippen LogP contribution in [0.1, 0.15) is 20.3 Å². The van der Waals surface area contributed by atoms with Crippen molar-refractivity contribution in [3.05, 3.63) is 26.8 Å². The van der Waals surface area contributed by atoms with Crippen LogP contribution in [0.15, 0.2) is 18.2 Å². The Kier molecular flexibility index (Phi) is 4.67. The number of anilines is 1. The number of rotatable bonds is 4. The molecule has 2 nitrogen and oxygen atoms in total.